The fraction of sp³-hybridized carbons (Fsp3) is 0.625. The summed E-state index contributed by atoms with van der Waals surface area (Å²) in [4.78, 5) is 13.2. The Balaban J connectivity index is 2.17. The number of para-hydroxylation sites is 1. The van der Waals surface area contributed by atoms with E-state index in [0.29, 0.717) is 18.3 Å². The van der Waals surface area contributed by atoms with Crippen molar-refractivity contribution in [3.8, 4) is 0 Å². The molecule has 0 aliphatic heterocycles. The van der Waals surface area contributed by atoms with Gasteiger partial charge >= 0.3 is 0 Å². The first-order chi connectivity index (χ1) is 10.1. The number of rotatable bonds is 6. The van der Waals surface area contributed by atoms with Crippen LogP contribution in [0.15, 0.2) is 18.2 Å². The molecule has 0 spiro atoms. The van der Waals surface area contributed by atoms with E-state index < -0.39 is 0 Å². The molecule has 5 nitrogen and oxygen atoms in total. The smallest absolute Gasteiger partial charge is 0.292 e. The number of anilines is 1. The predicted octanol–water partition coefficient (Wildman–Crippen LogP) is 3.79. The summed E-state index contributed by atoms with van der Waals surface area (Å²) in [6.45, 7) is 3.41. The summed E-state index contributed by atoms with van der Waals surface area (Å²) in [5.74, 6) is 0. The first-order valence-corrected chi connectivity index (χ1v) is 7.84. The maximum absolute atomic E-state index is 11.2. The van der Waals surface area contributed by atoms with E-state index in [9.17, 15) is 10.1 Å². The summed E-state index contributed by atoms with van der Waals surface area (Å²) < 4.78 is 0. The van der Waals surface area contributed by atoms with E-state index in [0.717, 1.165) is 12.1 Å². The summed E-state index contributed by atoms with van der Waals surface area (Å²) >= 11 is 0. The Hall–Kier alpha value is -1.62. The van der Waals surface area contributed by atoms with E-state index in [4.69, 9.17) is 0 Å². The highest BCUT2D eigenvalue weighted by Gasteiger charge is 2.21. The Morgan fingerprint density at radius 2 is 2.05 bits per heavy atom. The van der Waals surface area contributed by atoms with Gasteiger partial charge in [-0.2, -0.15) is 0 Å². The van der Waals surface area contributed by atoms with Gasteiger partial charge in [-0.05, 0) is 32.4 Å². The topological polar surface area (TPSA) is 58.4 Å². The van der Waals surface area contributed by atoms with Crippen molar-refractivity contribution in [3.05, 3.63) is 33.9 Å². The Labute approximate surface area is 126 Å². The highest BCUT2D eigenvalue weighted by Crippen LogP contribution is 2.30. The third-order valence-electron chi connectivity index (χ3n) is 4.30. The van der Waals surface area contributed by atoms with Gasteiger partial charge in [0.25, 0.3) is 5.69 Å². The van der Waals surface area contributed by atoms with Crippen molar-refractivity contribution >= 4 is 11.4 Å². The summed E-state index contributed by atoms with van der Waals surface area (Å²) in [6, 6.07) is 5.95. The van der Waals surface area contributed by atoms with Gasteiger partial charge in [-0.25, -0.2) is 0 Å². The van der Waals surface area contributed by atoms with Gasteiger partial charge in [0.15, 0.2) is 0 Å². The molecule has 116 valence electrons. The molecular formula is C16H25N3O2. The van der Waals surface area contributed by atoms with Gasteiger partial charge in [-0.1, -0.05) is 31.4 Å². The lowest BCUT2D eigenvalue weighted by molar-refractivity contribution is -0.384. The summed E-state index contributed by atoms with van der Waals surface area (Å²) in [5.41, 5.74) is 1.86. The van der Waals surface area contributed by atoms with Crippen LogP contribution in [0, 0.1) is 10.1 Å². The Kier molecular flexibility index (Phi) is 5.56. The lowest BCUT2D eigenvalue weighted by Crippen LogP contribution is -2.33. The van der Waals surface area contributed by atoms with Gasteiger partial charge in [0.05, 0.1) is 4.92 Å². The molecule has 1 N–H and O–H groups in total. The molecule has 5 heteroatoms. The second-order valence-electron chi connectivity index (χ2n) is 5.81. The fourth-order valence-electron chi connectivity index (χ4n) is 3.17. The van der Waals surface area contributed by atoms with Crippen molar-refractivity contribution < 1.29 is 4.92 Å². The molecule has 1 fully saturated rings. The molecule has 1 saturated carbocycles. The van der Waals surface area contributed by atoms with Crippen LogP contribution in [0.1, 0.15) is 44.6 Å². The van der Waals surface area contributed by atoms with Gasteiger partial charge in [0.2, 0.25) is 0 Å². The van der Waals surface area contributed by atoms with Gasteiger partial charge in [-0.15, -0.1) is 0 Å². The first kappa shape index (κ1) is 15.8. The van der Waals surface area contributed by atoms with Crippen molar-refractivity contribution in [2.45, 2.75) is 51.6 Å². The van der Waals surface area contributed by atoms with Crippen LogP contribution >= 0.6 is 0 Å². The largest absolute Gasteiger partial charge is 0.380 e. The van der Waals surface area contributed by atoms with Gasteiger partial charge in [0.1, 0.15) is 5.69 Å². The van der Waals surface area contributed by atoms with E-state index in [1.807, 2.05) is 13.0 Å². The third kappa shape index (κ3) is 3.94. The van der Waals surface area contributed by atoms with Crippen molar-refractivity contribution in [1.29, 1.82) is 0 Å². The van der Waals surface area contributed by atoms with Gasteiger partial charge in [-0.3, -0.25) is 15.0 Å². The molecule has 1 aliphatic carbocycles. The molecule has 0 saturated heterocycles. The Bertz CT molecular complexity index is 484. The van der Waals surface area contributed by atoms with Crippen LogP contribution in [-0.2, 0) is 6.54 Å². The van der Waals surface area contributed by atoms with Crippen LogP contribution in [0.5, 0.6) is 0 Å². The number of hydrogen-bond donors (Lipinski definition) is 1. The molecule has 0 atom stereocenters. The molecular weight excluding hydrogens is 266 g/mol. The minimum Gasteiger partial charge on any atom is -0.380 e. The normalized spacial score (nSPS) is 16.1. The summed E-state index contributed by atoms with van der Waals surface area (Å²) in [7, 11) is 2.13. The SMILES string of the molecule is CCNc1c(CN(C)C2CCCCC2)cccc1[N+](=O)[O-]. The van der Waals surface area contributed by atoms with Crippen molar-refractivity contribution in [2.24, 2.45) is 0 Å². The summed E-state index contributed by atoms with van der Waals surface area (Å²) in [5, 5.41) is 14.4. The molecule has 0 bridgehead atoms. The molecule has 0 heterocycles. The van der Waals surface area contributed by atoms with Crippen LogP contribution in [0.2, 0.25) is 0 Å². The molecule has 0 aromatic heterocycles. The van der Waals surface area contributed by atoms with Gasteiger partial charge < -0.3 is 5.32 Å². The molecule has 2 rings (SSSR count). The molecule has 21 heavy (non-hydrogen) atoms. The van der Waals surface area contributed by atoms with Crippen molar-refractivity contribution in [2.75, 3.05) is 18.9 Å². The maximum atomic E-state index is 11.2. The fourth-order valence-corrected chi connectivity index (χ4v) is 3.17. The lowest BCUT2D eigenvalue weighted by atomic mass is 9.94. The second kappa shape index (κ2) is 7.41. The molecule has 1 aromatic rings. The van der Waals surface area contributed by atoms with Gasteiger partial charge in [0, 0.05) is 25.2 Å². The van der Waals surface area contributed by atoms with E-state index >= 15 is 0 Å². The number of benzene rings is 1. The second-order valence-corrected chi connectivity index (χ2v) is 5.81. The molecule has 0 amide bonds. The highest BCUT2D eigenvalue weighted by molar-refractivity contribution is 5.66. The molecule has 1 aromatic carbocycles. The summed E-state index contributed by atoms with van der Waals surface area (Å²) in [6.07, 6.45) is 6.40. The lowest BCUT2D eigenvalue weighted by Gasteiger charge is -2.31. The number of hydrogen-bond acceptors (Lipinski definition) is 4. The number of nitro benzene ring substituents is 1. The third-order valence-corrected chi connectivity index (χ3v) is 4.30. The zero-order valence-corrected chi connectivity index (χ0v) is 13.0. The molecule has 1 aliphatic rings. The Morgan fingerprint density at radius 3 is 2.67 bits per heavy atom. The average Bonchev–Trinajstić information content (AvgIpc) is 2.49. The van der Waals surface area contributed by atoms with Crippen LogP contribution in [0.25, 0.3) is 0 Å². The van der Waals surface area contributed by atoms with Crippen LogP contribution in [0.4, 0.5) is 11.4 Å². The highest BCUT2D eigenvalue weighted by atomic mass is 16.6. The predicted molar refractivity (Wildman–Crippen MR) is 85.6 cm³/mol. The van der Waals surface area contributed by atoms with E-state index in [1.54, 1.807) is 12.1 Å². The minimum atomic E-state index is -0.303. The van der Waals surface area contributed by atoms with Crippen LogP contribution in [0.3, 0.4) is 0 Å². The molecule has 0 radical (unpaired) electrons. The van der Waals surface area contributed by atoms with E-state index in [1.165, 1.54) is 32.1 Å². The standard InChI is InChI=1S/C16H25N3O2/c1-3-17-16-13(8-7-11-15(16)19(20)21)12-18(2)14-9-5-4-6-10-14/h7-8,11,14,17H,3-6,9-10,12H2,1-2H3. The number of nitrogens with zero attached hydrogens (tertiary/aromatic N) is 2. The maximum Gasteiger partial charge on any atom is 0.292 e. The molecule has 0 unspecified atom stereocenters. The average molecular weight is 291 g/mol. The van der Waals surface area contributed by atoms with Crippen LogP contribution in [-0.4, -0.2) is 29.5 Å². The Morgan fingerprint density at radius 1 is 1.33 bits per heavy atom. The zero-order valence-electron chi connectivity index (χ0n) is 13.0. The van der Waals surface area contributed by atoms with E-state index in [2.05, 4.69) is 17.3 Å². The quantitative estimate of drug-likeness (QED) is 0.640. The minimum absolute atomic E-state index is 0.173. The van der Waals surface area contributed by atoms with Crippen LogP contribution < -0.4 is 5.32 Å². The van der Waals surface area contributed by atoms with Crippen molar-refractivity contribution in [3.63, 3.8) is 0 Å². The van der Waals surface area contributed by atoms with Crippen molar-refractivity contribution in [1.82, 2.24) is 4.90 Å². The number of nitro groups is 1. The monoisotopic (exact) mass is 291 g/mol. The number of nitrogens with one attached hydrogen (secondary N) is 1. The van der Waals surface area contributed by atoms with E-state index in [-0.39, 0.29) is 10.6 Å². The first-order valence-electron chi connectivity index (χ1n) is 7.84. The zero-order chi connectivity index (χ0) is 15.2.